The van der Waals surface area contributed by atoms with Crippen LogP contribution in [-0.2, 0) is 18.3 Å². The van der Waals surface area contributed by atoms with Crippen molar-refractivity contribution in [1.29, 1.82) is 0 Å². The molecular formula is C14H23N3O3. The average Bonchev–Trinajstić information content (AvgIpc) is 2.70. The minimum atomic E-state index is -0.326. The number of nitrogens with zero attached hydrogens (tertiary/aromatic N) is 3. The van der Waals surface area contributed by atoms with E-state index in [0.717, 1.165) is 18.5 Å². The minimum Gasteiger partial charge on any atom is -0.462 e. The standard InChI is InChI=1S/C14H23N3O3/c1-3-20-14(19)12-9-15-16(2)13(12)10-17(7-8-18)11-5-4-6-11/h9,11,18H,3-8,10H2,1-2H3. The quantitative estimate of drug-likeness (QED) is 0.754. The number of esters is 1. The van der Waals surface area contributed by atoms with Crippen LogP contribution < -0.4 is 0 Å². The van der Waals surface area contributed by atoms with Crippen LogP contribution in [0.2, 0.25) is 0 Å². The van der Waals surface area contributed by atoms with Gasteiger partial charge >= 0.3 is 5.97 Å². The van der Waals surface area contributed by atoms with E-state index in [4.69, 9.17) is 4.74 Å². The van der Waals surface area contributed by atoms with E-state index in [1.807, 2.05) is 7.05 Å². The van der Waals surface area contributed by atoms with E-state index >= 15 is 0 Å². The molecule has 1 aromatic rings. The molecule has 20 heavy (non-hydrogen) atoms. The van der Waals surface area contributed by atoms with Crippen molar-refractivity contribution in [2.24, 2.45) is 7.05 Å². The minimum absolute atomic E-state index is 0.128. The van der Waals surface area contributed by atoms with Crippen LogP contribution >= 0.6 is 0 Å². The molecule has 1 saturated carbocycles. The first-order valence-electron chi connectivity index (χ1n) is 7.20. The molecule has 0 saturated heterocycles. The monoisotopic (exact) mass is 281 g/mol. The number of ether oxygens (including phenoxy) is 1. The van der Waals surface area contributed by atoms with E-state index in [-0.39, 0.29) is 12.6 Å². The average molecular weight is 281 g/mol. The van der Waals surface area contributed by atoms with Crippen LogP contribution in [0.3, 0.4) is 0 Å². The van der Waals surface area contributed by atoms with Crippen molar-refractivity contribution >= 4 is 5.97 Å². The Labute approximate surface area is 119 Å². The number of aryl methyl sites for hydroxylation is 1. The number of carbonyl (C=O) groups excluding carboxylic acids is 1. The number of aromatic nitrogens is 2. The zero-order chi connectivity index (χ0) is 14.5. The number of aliphatic hydroxyl groups is 1. The lowest BCUT2D eigenvalue weighted by Gasteiger charge is -2.37. The first-order chi connectivity index (χ1) is 9.67. The van der Waals surface area contributed by atoms with Crippen LogP contribution in [0.25, 0.3) is 0 Å². The maximum Gasteiger partial charge on any atom is 0.341 e. The summed E-state index contributed by atoms with van der Waals surface area (Å²) in [7, 11) is 1.83. The molecule has 1 aliphatic rings. The van der Waals surface area contributed by atoms with E-state index in [9.17, 15) is 9.90 Å². The van der Waals surface area contributed by atoms with Crippen LogP contribution in [0.15, 0.2) is 6.20 Å². The number of rotatable bonds is 7. The summed E-state index contributed by atoms with van der Waals surface area (Å²) in [5.74, 6) is -0.326. The number of carbonyl (C=O) groups is 1. The third kappa shape index (κ3) is 3.19. The summed E-state index contributed by atoms with van der Waals surface area (Å²) in [6.07, 6.45) is 5.12. The number of aliphatic hydroxyl groups excluding tert-OH is 1. The Bertz CT molecular complexity index is 455. The second-order valence-electron chi connectivity index (χ2n) is 5.13. The van der Waals surface area contributed by atoms with E-state index < -0.39 is 0 Å². The zero-order valence-electron chi connectivity index (χ0n) is 12.2. The molecule has 0 aliphatic heterocycles. The van der Waals surface area contributed by atoms with Gasteiger partial charge in [0.1, 0.15) is 5.56 Å². The van der Waals surface area contributed by atoms with Crippen LogP contribution in [0.4, 0.5) is 0 Å². The van der Waals surface area contributed by atoms with Gasteiger partial charge in [-0.2, -0.15) is 5.10 Å². The summed E-state index contributed by atoms with van der Waals surface area (Å²) in [5, 5.41) is 13.4. The lowest BCUT2D eigenvalue weighted by molar-refractivity contribution is 0.0519. The molecule has 1 fully saturated rings. The number of hydrogen-bond acceptors (Lipinski definition) is 5. The predicted molar refractivity (Wildman–Crippen MR) is 74.3 cm³/mol. The highest BCUT2D eigenvalue weighted by Gasteiger charge is 2.27. The van der Waals surface area contributed by atoms with Gasteiger partial charge in [0.25, 0.3) is 0 Å². The van der Waals surface area contributed by atoms with Crippen molar-refractivity contribution in [2.75, 3.05) is 19.8 Å². The van der Waals surface area contributed by atoms with Gasteiger partial charge in [-0.3, -0.25) is 9.58 Å². The third-order valence-electron chi connectivity index (χ3n) is 3.89. The predicted octanol–water partition coefficient (Wildman–Crippen LogP) is 0.944. The molecule has 1 aromatic heterocycles. The molecular weight excluding hydrogens is 258 g/mol. The molecule has 0 aromatic carbocycles. The summed E-state index contributed by atoms with van der Waals surface area (Å²) < 4.78 is 6.78. The Morgan fingerprint density at radius 2 is 2.35 bits per heavy atom. The Morgan fingerprint density at radius 3 is 2.90 bits per heavy atom. The second kappa shape index (κ2) is 6.85. The zero-order valence-corrected chi connectivity index (χ0v) is 12.2. The lowest BCUT2D eigenvalue weighted by Crippen LogP contribution is -2.41. The molecule has 1 aliphatic carbocycles. The van der Waals surface area contributed by atoms with E-state index in [1.165, 1.54) is 6.42 Å². The molecule has 0 amide bonds. The van der Waals surface area contributed by atoms with Crippen molar-refractivity contribution in [1.82, 2.24) is 14.7 Å². The van der Waals surface area contributed by atoms with Crippen LogP contribution in [0.5, 0.6) is 0 Å². The van der Waals surface area contributed by atoms with Gasteiger partial charge in [0.2, 0.25) is 0 Å². The third-order valence-corrected chi connectivity index (χ3v) is 3.89. The Hall–Kier alpha value is -1.40. The number of hydrogen-bond donors (Lipinski definition) is 1. The molecule has 6 heteroatoms. The smallest absolute Gasteiger partial charge is 0.341 e. The largest absolute Gasteiger partial charge is 0.462 e. The fourth-order valence-electron chi connectivity index (χ4n) is 2.49. The van der Waals surface area contributed by atoms with Crippen molar-refractivity contribution in [2.45, 2.75) is 38.8 Å². The van der Waals surface area contributed by atoms with Gasteiger partial charge in [0.05, 0.1) is 25.1 Å². The molecule has 0 bridgehead atoms. The Morgan fingerprint density at radius 1 is 1.60 bits per heavy atom. The summed E-state index contributed by atoms with van der Waals surface area (Å²) in [5.41, 5.74) is 1.38. The van der Waals surface area contributed by atoms with Crippen LogP contribution in [0.1, 0.15) is 42.2 Å². The van der Waals surface area contributed by atoms with Crippen molar-refractivity contribution < 1.29 is 14.6 Å². The normalized spacial score (nSPS) is 15.4. The molecule has 0 atom stereocenters. The van der Waals surface area contributed by atoms with Gasteiger partial charge in [-0.15, -0.1) is 0 Å². The van der Waals surface area contributed by atoms with E-state index in [0.29, 0.717) is 31.3 Å². The van der Waals surface area contributed by atoms with Gasteiger partial charge in [-0.1, -0.05) is 6.42 Å². The first-order valence-corrected chi connectivity index (χ1v) is 7.20. The highest BCUT2D eigenvalue weighted by molar-refractivity contribution is 5.90. The summed E-state index contributed by atoms with van der Waals surface area (Å²) >= 11 is 0. The highest BCUT2D eigenvalue weighted by Crippen LogP contribution is 2.26. The van der Waals surface area contributed by atoms with Gasteiger partial charge < -0.3 is 9.84 Å². The fourth-order valence-corrected chi connectivity index (χ4v) is 2.49. The second-order valence-corrected chi connectivity index (χ2v) is 5.13. The van der Waals surface area contributed by atoms with Crippen LogP contribution in [-0.4, -0.2) is 51.6 Å². The van der Waals surface area contributed by atoms with Crippen molar-refractivity contribution in [3.63, 3.8) is 0 Å². The van der Waals surface area contributed by atoms with E-state index in [1.54, 1.807) is 17.8 Å². The Balaban J connectivity index is 2.13. The van der Waals surface area contributed by atoms with E-state index in [2.05, 4.69) is 10.00 Å². The first kappa shape index (κ1) is 15.0. The lowest BCUT2D eigenvalue weighted by atomic mass is 9.91. The molecule has 0 radical (unpaired) electrons. The molecule has 2 rings (SSSR count). The SMILES string of the molecule is CCOC(=O)c1cnn(C)c1CN(CCO)C1CCC1. The summed E-state index contributed by atoms with van der Waals surface area (Å²) in [6.45, 7) is 3.52. The topological polar surface area (TPSA) is 67.6 Å². The highest BCUT2D eigenvalue weighted by atomic mass is 16.5. The van der Waals surface area contributed by atoms with Gasteiger partial charge in [0, 0.05) is 26.2 Å². The maximum atomic E-state index is 11.9. The van der Waals surface area contributed by atoms with Gasteiger partial charge in [-0.05, 0) is 19.8 Å². The maximum absolute atomic E-state index is 11.9. The molecule has 0 spiro atoms. The van der Waals surface area contributed by atoms with Crippen molar-refractivity contribution in [3.05, 3.63) is 17.5 Å². The molecule has 112 valence electrons. The fraction of sp³-hybridized carbons (Fsp3) is 0.714. The summed E-state index contributed by atoms with van der Waals surface area (Å²) in [6, 6.07) is 0.507. The van der Waals surface area contributed by atoms with Crippen molar-refractivity contribution in [3.8, 4) is 0 Å². The van der Waals surface area contributed by atoms with Gasteiger partial charge in [0.15, 0.2) is 0 Å². The molecule has 1 heterocycles. The molecule has 1 N–H and O–H groups in total. The molecule has 0 unspecified atom stereocenters. The summed E-state index contributed by atoms with van der Waals surface area (Å²) in [4.78, 5) is 14.2. The van der Waals surface area contributed by atoms with Crippen LogP contribution in [0, 0.1) is 0 Å². The van der Waals surface area contributed by atoms with Gasteiger partial charge in [-0.25, -0.2) is 4.79 Å². The Kier molecular flexibility index (Phi) is 5.14. The molecule has 6 nitrogen and oxygen atoms in total.